The van der Waals surface area contributed by atoms with Crippen molar-refractivity contribution in [2.45, 2.75) is 33.6 Å². The fourth-order valence-corrected chi connectivity index (χ4v) is 2.55. The second-order valence-electron chi connectivity index (χ2n) is 6.39. The Labute approximate surface area is 173 Å². The molecule has 1 aromatic heterocycles. The Balaban J connectivity index is 0.00000625. The van der Waals surface area contributed by atoms with Gasteiger partial charge in [0.25, 0.3) is 5.91 Å². The van der Waals surface area contributed by atoms with Gasteiger partial charge in [-0.15, -0.1) is 24.0 Å². The number of aliphatic hydroxyl groups is 1. The zero-order valence-corrected chi connectivity index (χ0v) is 18.3. The summed E-state index contributed by atoms with van der Waals surface area (Å²) < 4.78 is 5.04. The molecule has 8 heteroatoms. The molecule has 0 fully saturated rings. The second-order valence-corrected chi connectivity index (χ2v) is 6.39. The Morgan fingerprint density at radius 3 is 2.58 bits per heavy atom. The summed E-state index contributed by atoms with van der Waals surface area (Å²) >= 11 is 0. The van der Waals surface area contributed by atoms with Gasteiger partial charge in [-0.3, -0.25) is 9.79 Å². The van der Waals surface area contributed by atoms with Crippen LogP contribution in [0.5, 0.6) is 0 Å². The Morgan fingerprint density at radius 2 is 2.00 bits per heavy atom. The smallest absolute Gasteiger partial charge is 0.287 e. The van der Waals surface area contributed by atoms with Crippen LogP contribution in [0.25, 0.3) is 0 Å². The lowest BCUT2D eigenvalue weighted by Crippen LogP contribution is -2.41. The van der Waals surface area contributed by atoms with Crippen LogP contribution in [-0.4, -0.2) is 49.8 Å². The van der Waals surface area contributed by atoms with Crippen molar-refractivity contribution >= 4 is 35.8 Å². The molecule has 0 aliphatic heterocycles. The topological polar surface area (TPSA) is 98.9 Å². The van der Waals surface area contributed by atoms with Crippen molar-refractivity contribution in [3.05, 3.63) is 24.2 Å². The summed E-state index contributed by atoms with van der Waals surface area (Å²) in [6.07, 6.45) is 3.28. The lowest BCUT2D eigenvalue weighted by molar-refractivity contribution is 0.0926. The number of carbonyl (C=O) groups is 1. The highest BCUT2D eigenvalue weighted by Crippen LogP contribution is 2.15. The number of halogens is 1. The molecule has 0 saturated heterocycles. The first kappa shape index (κ1) is 24.7. The molecular weight excluding hydrogens is 447 g/mol. The van der Waals surface area contributed by atoms with Crippen LogP contribution in [0, 0.1) is 11.8 Å². The Bertz CT molecular complexity index is 507. The molecule has 0 spiro atoms. The van der Waals surface area contributed by atoms with Gasteiger partial charge in [0.15, 0.2) is 11.7 Å². The minimum absolute atomic E-state index is 0. The molecular formula is C18H33IN4O3. The van der Waals surface area contributed by atoms with Gasteiger partial charge < -0.3 is 25.5 Å². The first-order chi connectivity index (χ1) is 12.1. The van der Waals surface area contributed by atoms with Crippen molar-refractivity contribution in [1.82, 2.24) is 16.0 Å². The van der Waals surface area contributed by atoms with Gasteiger partial charge in [0.2, 0.25) is 0 Å². The fraction of sp³-hybridized carbons (Fsp3) is 0.667. The molecule has 0 aliphatic carbocycles. The van der Waals surface area contributed by atoms with Crippen molar-refractivity contribution in [2.75, 3.05) is 32.8 Å². The van der Waals surface area contributed by atoms with Crippen LogP contribution in [0.15, 0.2) is 27.8 Å². The van der Waals surface area contributed by atoms with Gasteiger partial charge in [-0.2, -0.15) is 0 Å². The first-order valence-electron chi connectivity index (χ1n) is 9.01. The standard InChI is InChI=1S/C18H32N4O3.HI/c1-4-19-18(22-13-15(7-10-23)12-14(2)3)21-9-8-20-17(24)16-6-5-11-25-16;/h5-6,11,14-15,23H,4,7-10,12-13H2,1-3H3,(H,20,24)(H2,19,21,22);1H. The summed E-state index contributed by atoms with van der Waals surface area (Å²) in [6.45, 7) is 9.03. The zero-order valence-electron chi connectivity index (χ0n) is 16.0. The van der Waals surface area contributed by atoms with E-state index in [9.17, 15) is 9.90 Å². The number of aliphatic hydroxyl groups excluding tert-OH is 1. The summed E-state index contributed by atoms with van der Waals surface area (Å²) in [6, 6.07) is 3.31. The summed E-state index contributed by atoms with van der Waals surface area (Å²) in [5, 5.41) is 18.4. The quantitative estimate of drug-likeness (QED) is 0.169. The van der Waals surface area contributed by atoms with E-state index < -0.39 is 0 Å². The molecule has 0 aromatic carbocycles. The monoisotopic (exact) mass is 480 g/mol. The number of hydrogen-bond acceptors (Lipinski definition) is 4. The Hall–Kier alpha value is -1.29. The highest BCUT2D eigenvalue weighted by Gasteiger charge is 2.11. The molecule has 4 N–H and O–H groups in total. The Kier molecular flexibility index (Phi) is 14.1. The second kappa shape index (κ2) is 14.8. The van der Waals surface area contributed by atoms with Crippen molar-refractivity contribution in [3.8, 4) is 0 Å². The number of aliphatic imine (C=N–C) groups is 1. The van der Waals surface area contributed by atoms with Crippen molar-refractivity contribution in [3.63, 3.8) is 0 Å². The third kappa shape index (κ3) is 10.6. The van der Waals surface area contributed by atoms with Crippen molar-refractivity contribution in [2.24, 2.45) is 16.8 Å². The first-order valence-corrected chi connectivity index (χ1v) is 9.01. The molecule has 0 radical (unpaired) electrons. The van der Waals surface area contributed by atoms with E-state index in [0.717, 1.165) is 25.3 Å². The predicted octanol–water partition coefficient (Wildman–Crippen LogP) is 2.23. The number of furan rings is 1. The number of nitrogens with zero attached hydrogens (tertiary/aromatic N) is 1. The van der Waals surface area contributed by atoms with Crippen LogP contribution >= 0.6 is 24.0 Å². The maximum Gasteiger partial charge on any atom is 0.287 e. The minimum Gasteiger partial charge on any atom is -0.459 e. The number of nitrogens with one attached hydrogen (secondary N) is 3. The molecule has 1 atom stereocenters. The summed E-state index contributed by atoms with van der Waals surface area (Å²) in [4.78, 5) is 16.4. The summed E-state index contributed by atoms with van der Waals surface area (Å²) in [5.41, 5.74) is 0. The number of guanidine groups is 1. The lowest BCUT2D eigenvalue weighted by atomic mass is 9.94. The van der Waals surface area contributed by atoms with E-state index in [4.69, 9.17) is 4.42 Å². The Morgan fingerprint density at radius 1 is 1.27 bits per heavy atom. The molecule has 1 aromatic rings. The van der Waals surface area contributed by atoms with E-state index in [1.54, 1.807) is 12.1 Å². The highest BCUT2D eigenvalue weighted by molar-refractivity contribution is 14.0. The normalized spacial score (nSPS) is 12.4. The highest BCUT2D eigenvalue weighted by atomic mass is 127. The van der Waals surface area contributed by atoms with Crippen LogP contribution < -0.4 is 16.0 Å². The van der Waals surface area contributed by atoms with Gasteiger partial charge in [-0.1, -0.05) is 13.8 Å². The van der Waals surface area contributed by atoms with Gasteiger partial charge in [-0.25, -0.2) is 0 Å². The zero-order chi connectivity index (χ0) is 18.5. The van der Waals surface area contributed by atoms with E-state index in [0.29, 0.717) is 37.2 Å². The third-order valence-electron chi connectivity index (χ3n) is 3.64. The average Bonchev–Trinajstić information content (AvgIpc) is 3.10. The van der Waals surface area contributed by atoms with Gasteiger partial charge in [0.1, 0.15) is 0 Å². The molecule has 150 valence electrons. The average molecular weight is 480 g/mol. The molecule has 26 heavy (non-hydrogen) atoms. The largest absolute Gasteiger partial charge is 0.459 e. The van der Waals surface area contributed by atoms with E-state index in [1.807, 2.05) is 6.92 Å². The van der Waals surface area contributed by atoms with E-state index in [1.165, 1.54) is 6.26 Å². The van der Waals surface area contributed by atoms with Crippen LogP contribution in [-0.2, 0) is 0 Å². The minimum atomic E-state index is -0.228. The fourth-order valence-electron chi connectivity index (χ4n) is 2.55. The van der Waals surface area contributed by atoms with Crippen molar-refractivity contribution < 1.29 is 14.3 Å². The van der Waals surface area contributed by atoms with Crippen LogP contribution in [0.2, 0.25) is 0 Å². The molecule has 1 unspecified atom stereocenters. The molecule has 7 nitrogen and oxygen atoms in total. The number of carbonyl (C=O) groups excluding carboxylic acids is 1. The van der Waals surface area contributed by atoms with Gasteiger partial charge in [-0.05, 0) is 43.7 Å². The van der Waals surface area contributed by atoms with Crippen molar-refractivity contribution in [1.29, 1.82) is 0 Å². The van der Waals surface area contributed by atoms with Crippen LogP contribution in [0.3, 0.4) is 0 Å². The molecule has 0 saturated carbocycles. The van der Waals surface area contributed by atoms with Crippen LogP contribution in [0.1, 0.15) is 44.2 Å². The lowest BCUT2D eigenvalue weighted by Gasteiger charge is -2.17. The third-order valence-corrected chi connectivity index (χ3v) is 3.64. The summed E-state index contributed by atoms with van der Waals surface area (Å²) in [7, 11) is 0. The van der Waals surface area contributed by atoms with Gasteiger partial charge in [0, 0.05) is 32.8 Å². The summed E-state index contributed by atoms with van der Waals surface area (Å²) in [5.74, 6) is 1.76. The maximum absolute atomic E-state index is 11.8. The molecule has 0 aliphatic rings. The number of rotatable bonds is 11. The SMILES string of the molecule is CCNC(=NCC(CCO)CC(C)C)NCCNC(=O)c1ccco1.I. The van der Waals surface area contributed by atoms with Gasteiger partial charge >= 0.3 is 0 Å². The molecule has 0 bridgehead atoms. The molecule has 1 heterocycles. The molecule has 1 rings (SSSR count). The predicted molar refractivity (Wildman–Crippen MR) is 115 cm³/mol. The van der Waals surface area contributed by atoms with E-state index in [2.05, 4.69) is 34.8 Å². The maximum atomic E-state index is 11.8. The number of amides is 1. The molecule has 1 amide bonds. The van der Waals surface area contributed by atoms with E-state index >= 15 is 0 Å². The van der Waals surface area contributed by atoms with Gasteiger partial charge in [0.05, 0.1) is 6.26 Å². The van der Waals surface area contributed by atoms with Crippen LogP contribution in [0.4, 0.5) is 0 Å². The van der Waals surface area contributed by atoms with E-state index in [-0.39, 0.29) is 36.5 Å². The number of hydrogen-bond donors (Lipinski definition) is 4.